The Labute approximate surface area is 104 Å². The maximum Gasteiger partial charge on any atom is 0.250 e. The van der Waals surface area contributed by atoms with Gasteiger partial charge >= 0.3 is 0 Å². The molecule has 1 aromatic rings. The van der Waals surface area contributed by atoms with Gasteiger partial charge in [-0.3, -0.25) is 4.79 Å². The Bertz CT molecular complexity index is 423. The van der Waals surface area contributed by atoms with Crippen molar-refractivity contribution in [2.45, 2.75) is 19.1 Å². The summed E-state index contributed by atoms with van der Waals surface area (Å²) in [7, 11) is 1.36. The second kappa shape index (κ2) is 6.42. The molecule has 1 rings (SSSR count). The molecular formula is C12H16F2N2O2. The Hall–Kier alpha value is -1.53. The van der Waals surface area contributed by atoms with Crippen LogP contribution >= 0.6 is 0 Å². The zero-order valence-electron chi connectivity index (χ0n) is 10.2. The van der Waals surface area contributed by atoms with E-state index in [1.54, 1.807) is 6.92 Å². The second-order valence-corrected chi connectivity index (χ2v) is 3.86. The molecule has 0 bridgehead atoms. The average molecular weight is 258 g/mol. The molecule has 0 aromatic heterocycles. The molecule has 0 radical (unpaired) electrons. The first-order valence-corrected chi connectivity index (χ1v) is 5.47. The number of halogens is 2. The van der Waals surface area contributed by atoms with Crippen LogP contribution in [0.25, 0.3) is 0 Å². The van der Waals surface area contributed by atoms with Crippen LogP contribution in [0.3, 0.4) is 0 Å². The minimum Gasteiger partial charge on any atom is -0.370 e. The van der Waals surface area contributed by atoms with E-state index >= 15 is 0 Å². The number of nitrogens with two attached hydrogens (primary N) is 1. The predicted octanol–water partition coefficient (Wildman–Crippen LogP) is 1.12. The monoisotopic (exact) mass is 258 g/mol. The molecule has 6 heteroatoms. The Kier molecular flexibility index (Phi) is 5.18. The van der Waals surface area contributed by atoms with E-state index in [1.807, 2.05) is 0 Å². The lowest BCUT2D eigenvalue weighted by atomic mass is 10.1. The number of nitrogens with one attached hydrogen (secondary N) is 1. The van der Waals surface area contributed by atoms with Crippen molar-refractivity contribution in [3.05, 3.63) is 35.4 Å². The van der Waals surface area contributed by atoms with Crippen molar-refractivity contribution in [3.63, 3.8) is 0 Å². The molecule has 2 unspecified atom stereocenters. The van der Waals surface area contributed by atoms with Crippen molar-refractivity contribution in [2.24, 2.45) is 5.73 Å². The Balaban J connectivity index is 2.76. The quantitative estimate of drug-likeness (QED) is 0.831. The summed E-state index contributed by atoms with van der Waals surface area (Å²) in [6.07, 6.45) is -0.782. The van der Waals surface area contributed by atoms with Gasteiger partial charge in [-0.1, -0.05) is 6.07 Å². The fourth-order valence-electron chi connectivity index (χ4n) is 1.55. The molecule has 2 atom stereocenters. The molecular weight excluding hydrogens is 242 g/mol. The maximum absolute atomic E-state index is 13.5. The zero-order chi connectivity index (χ0) is 13.7. The van der Waals surface area contributed by atoms with E-state index in [2.05, 4.69) is 5.32 Å². The van der Waals surface area contributed by atoms with Crippen LogP contribution in [0.2, 0.25) is 0 Å². The first kappa shape index (κ1) is 14.5. The van der Waals surface area contributed by atoms with Gasteiger partial charge in [0.2, 0.25) is 0 Å². The first-order chi connectivity index (χ1) is 8.49. The van der Waals surface area contributed by atoms with Gasteiger partial charge in [0, 0.05) is 25.3 Å². The zero-order valence-corrected chi connectivity index (χ0v) is 10.2. The molecule has 1 aromatic carbocycles. The molecule has 4 nitrogen and oxygen atoms in total. The van der Waals surface area contributed by atoms with Crippen molar-refractivity contribution in [3.8, 4) is 0 Å². The second-order valence-electron chi connectivity index (χ2n) is 3.86. The summed E-state index contributed by atoms with van der Waals surface area (Å²) < 4.78 is 31.1. The van der Waals surface area contributed by atoms with Crippen LogP contribution in [0.4, 0.5) is 8.78 Å². The summed E-state index contributed by atoms with van der Waals surface area (Å²) in [6, 6.07) is 2.61. The minimum absolute atomic E-state index is 0.0287. The highest BCUT2D eigenvalue weighted by Crippen LogP contribution is 2.17. The first-order valence-electron chi connectivity index (χ1n) is 5.47. The van der Waals surface area contributed by atoms with Gasteiger partial charge in [-0.05, 0) is 13.0 Å². The molecule has 0 aliphatic heterocycles. The molecule has 0 aliphatic carbocycles. The van der Waals surface area contributed by atoms with Crippen molar-refractivity contribution < 1.29 is 18.3 Å². The molecule has 0 heterocycles. The number of methoxy groups -OCH3 is 1. The van der Waals surface area contributed by atoms with E-state index in [0.29, 0.717) is 0 Å². The Morgan fingerprint density at radius 1 is 1.50 bits per heavy atom. The van der Waals surface area contributed by atoms with E-state index in [0.717, 1.165) is 12.1 Å². The van der Waals surface area contributed by atoms with E-state index in [4.69, 9.17) is 10.5 Å². The summed E-state index contributed by atoms with van der Waals surface area (Å²) >= 11 is 0. The number of benzene rings is 1. The summed E-state index contributed by atoms with van der Waals surface area (Å²) in [5, 5.41) is 2.55. The smallest absolute Gasteiger partial charge is 0.250 e. The maximum atomic E-state index is 13.5. The summed E-state index contributed by atoms with van der Waals surface area (Å²) in [5.74, 6) is -1.80. The van der Waals surface area contributed by atoms with Crippen LogP contribution in [-0.2, 0) is 9.53 Å². The Morgan fingerprint density at radius 2 is 2.17 bits per heavy atom. The number of amides is 1. The third-order valence-electron chi connectivity index (χ3n) is 2.58. The lowest BCUT2D eigenvalue weighted by Gasteiger charge is -2.18. The van der Waals surface area contributed by atoms with Crippen molar-refractivity contribution in [1.29, 1.82) is 0 Å². The normalized spacial score (nSPS) is 14.1. The van der Waals surface area contributed by atoms with E-state index in [9.17, 15) is 13.6 Å². The number of carbonyl (C=O) groups excluding carboxylic acids is 1. The van der Waals surface area contributed by atoms with E-state index in [1.165, 1.54) is 13.2 Å². The number of hydrogen-bond acceptors (Lipinski definition) is 3. The fraction of sp³-hybridized carbons (Fsp3) is 0.417. The highest BCUT2D eigenvalue weighted by molar-refractivity contribution is 5.81. The third-order valence-corrected chi connectivity index (χ3v) is 2.58. The van der Waals surface area contributed by atoms with Gasteiger partial charge in [-0.25, -0.2) is 8.78 Å². The third kappa shape index (κ3) is 3.48. The molecule has 0 spiro atoms. The molecule has 0 aliphatic rings. The summed E-state index contributed by atoms with van der Waals surface area (Å²) in [4.78, 5) is 11.7. The van der Waals surface area contributed by atoms with Crippen LogP contribution in [0.1, 0.15) is 18.5 Å². The topological polar surface area (TPSA) is 64.3 Å². The van der Waals surface area contributed by atoms with Crippen molar-refractivity contribution in [2.75, 3.05) is 13.7 Å². The van der Waals surface area contributed by atoms with E-state index < -0.39 is 29.7 Å². The number of rotatable bonds is 5. The molecule has 0 saturated carbocycles. The van der Waals surface area contributed by atoms with Gasteiger partial charge in [-0.15, -0.1) is 0 Å². The molecule has 1 amide bonds. The number of carbonyl (C=O) groups is 1. The van der Waals surface area contributed by atoms with Gasteiger partial charge in [0.05, 0.1) is 6.04 Å². The van der Waals surface area contributed by atoms with Crippen LogP contribution in [-0.4, -0.2) is 25.7 Å². The van der Waals surface area contributed by atoms with Crippen LogP contribution < -0.4 is 11.1 Å². The molecule has 100 valence electrons. The van der Waals surface area contributed by atoms with Crippen LogP contribution in [0.15, 0.2) is 18.2 Å². The highest BCUT2D eigenvalue weighted by atomic mass is 19.1. The van der Waals surface area contributed by atoms with Gasteiger partial charge < -0.3 is 15.8 Å². The van der Waals surface area contributed by atoms with Crippen LogP contribution in [0.5, 0.6) is 0 Å². The van der Waals surface area contributed by atoms with E-state index in [-0.39, 0.29) is 12.1 Å². The molecule has 18 heavy (non-hydrogen) atoms. The van der Waals surface area contributed by atoms with Crippen molar-refractivity contribution in [1.82, 2.24) is 5.32 Å². The molecule has 3 N–H and O–H groups in total. The predicted molar refractivity (Wildman–Crippen MR) is 62.8 cm³/mol. The molecule has 0 saturated heterocycles. The lowest BCUT2D eigenvalue weighted by Crippen LogP contribution is -2.41. The van der Waals surface area contributed by atoms with Gasteiger partial charge in [0.1, 0.15) is 17.7 Å². The van der Waals surface area contributed by atoms with Gasteiger partial charge in [0.15, 0.2) is 0 Å². The highest BCUT2D eigenvalue weighted by Gasteiger charge is 2.20. The fourth-order valence-corrected chi connectivity index (χ4v) is 1.55. The summed E-state index contributed by atoms with van der Waals surface area (Å²) in [5.41, 5.74) is 5.54. The van der Waals surface area contributed by atoms with Crippen molar-refractivity contribution >= 4 is 5.91 Å². The lowest BCUT2D eigenvalue weighted by molar-refractivity contribution is -0.131. The number of hydrogen-bond donors (Lipinski definition) is 2. The molecule has 0 fully saturated rings. The largest absolute Gasteiger partial charge is 0.370 e. The van der Waals surface area contributed by atoms with Crippen LogP contribution in [0, 0.1) is 11.6 Å². The number of ether oxygens (including phenoxy) is 1. The summed E-state index contributed by atoms with van der Waals surface area (Å²) in [6.45, 7) is 1.62. The standard InChI is InChI=1S/C12H16F2N2O2/c1-7(16-12(17)11(6-15)18-2)9-4-3-8(13)5-10(9)14/h3-5,7,11H,6,15H2,1-2H3,(H,16,17). The van der Waals surface area contributed by atoms with Gasteiger partial charge in [0.25, 0.3) is 5.91 Å². The Morgan fingerprint density at radius 3 is 2.67 bits per heavy atom. The average Bonchev–Trinajstić information content (AvgIpc) is 2.30. The van der Waals surface area contributed by atoms with Gasteiger partial charge in [-0.2, -0.15) is 0 Å². The minimum atomic E-state index is -0.782. The SMILES string of the molecule is COC(CN)C(=O)NC(C)c1ccc(F)cc1F.